The molecule has 0 atom stereocenters. The fourth-order valence-electron chi connectivity index (χ4n) is 3.85. The van der Waals surface area contributed by atoms with Crippen molar-refractivity contribution in [2.45, 2.75) is 18.9 Å². The van der Waals surface area contributed by atoms with Gasteiger partial charge < -0.3 is 14.5 Å². The van der Waals surface area contributed by atoms with Crippen molar-refractivity contribution in [2.24, 2.45) is 0 Å². The van der Waals surface area contributed by atoms with Crippen LogP contribution in [0.1, 0.15) is 12.8 Å². The number of hydrogen-bond acceptors (Lipinski definition) is 6. The zero-order valence-corrected chi connectivity index (χ0v) is 17.3. The minimum absolute atomic E-state index is 0.577. The predicted octanol–water partition coefficient (Wildman–Crippen LogP) is 3.25. The molecule has 0 aliphatic carbocycles. The summed E-state index contributed by atoms with van der Waals surface area (Å²) in [6.45, 7) is 6.81. The zero-order valence-electron chi connectivity index (χ0n) is 15.7. The average molecular weight is 432 g/mol. The van der Waals surface area contributed by atoms with Gasteiger partial charge in [-0.1, -0.05) is 12.1 Å². The van der Waals surface area contributed by atoms with Crippen molar-refractivity contribution in [3.63, 3.8) is 0 Å². The smallest absolute Gasteiger partial charge is 0.224 e. The SMILES string of the molecule is CN1CCN(C2CCN(c3cc(Oc4ccccc4Br)ncn3)CC2)CC1. The number of likely N-dealkylation sites (N-methyl/N-ethyl adjacent to an activating group) is 1. The number of ether oxygens (including phenoxy) is 1. The molecule has 0 amide bonds. The molecule has 3 heterocycles. The second-order valence-corrected chi connectivity index (χ2v) is 8.16. The molecule has 6 nitrogen and oxygen atoms in total. The van der Waals surface area contributed by atoms with Gasteiger partial charge in [0.05, 0.1) is 4.47 Å². The Morgan fingerprint density at radius 3 is 2.48 bits per heavy atom. The van der Waals surface area contributed by atoms with Crippen LogP contribution in [0.15, 0.2) is 41.1 Å². The number of anilines is 1. The molecule has 27 heavy (non-hydrogen) atoms. The van der Waals surface area contributed by atoms with E-state index in [2.05, 4.69) is 47.6 Å². The van der Waals surface area contributed by atoms with Crippen molar-refractivity contribution in [2.75, 3.05) is 51.2 Å². The fourth-order valence-corrected chi connectivity index (χ4v) is 4.21. The van der Waals surface area contributed by atoms with E-state index in [1.807, 2.05) is 30.3 Å². The van der Waals surface area contributed by atoms with E-state index in [-0.39, 0.29) is 0 Å². The van der Waals surface area contributed by atoms with Gasteiger partial charge in [0.25, 0.3) is 0 Å². The molecule has 0 bridgehead atoms. The molecular formula is C20H26BrN5O. The summed E-state index contributed by atoms with van der Waals surface area (Å²) in [5.41, 5.74) is 0. The second kappa shape index (κ2) is 8.54. The summed E-state index contributed by atoms with van der Waals surface area (Å²) < 4.78 is 6.84. The number of benzene rings is 1. The molecular weight excluding hydrogens is 406 g/mol. The molecule has 0 N–H and O–H groups in total. The number of piperidine rings is 1. The summed E-state index contributed by atoms with van der Waals surface area (Å²) >= 11 is 3.51. The van der Waals surface area contributed by atoms with Crippen LogP contribution in [0.5, 0.6) is 11.6 Å². The third-order valence-corrected chi connectivity index (χ3v) is 6.18. The summed E-state index contributed by atoms with van der Waals surface area (Å²) in [4.78, 5) is 16.2. The standard InChI is InChI=1S/C20H26BrN5O/c1-24-10-12-25(13-11-24)16-6-8-26(9-7-16)19-14-20(23-15-22-19)27-18-5-3-2-4-17(18)21/h2-5,14-16H,6-13H2,1H3. The van der Waals surface area contributed by atoms with Crippen molar-refractivity contribution >= 4 is 21.7 Å². The lowest BCUT2D eigenvalue weighted by Gasteiger charge is -2.42. The van der Waals surface area contributed by atoms with Crippen molar-refractivity contribution in [1.82, 2.24) is 19.8 Å². The van der Waals surface area contributed by atoms with Crippen molar-refractivity contribution in [1.29, 1.82) is 0 Å². The van der Waals surface area contributed by atoms with Gasteiger partial charge in [-0.05, 0) is 48.0 Å². The Kier molecular flexibility index (Phi) is 5.90. The number of hydrogen-bond donors (Lipinski definition) is 0. The Hall–Kier alpha value is -1.70. The Labute approximate surface area is 169 Å². The van der Waals surface area contributed by atoms with E-state index < -0.39 is 0 Å². The first-order chi connectivity index (χ1) is 13.2. The first-order valence-corrected chi connectivity index (χ1v) is 10.4. The lowest BCUT2D eigenvalue weighted by atomic mass is 10.0. The largest absolute Gasteiger partial charge is 0.438 e. The van der Waals surface area contributed by atoms with Gasteiger partial charge in [0.15, 0.2) is 0 Å². The van der Waals surface area contributed by atoms with Gasteiger partial charge in [0, 0.05) is 51.4 Å². The Bertz CT molecular complexity index is 758. The number of piperazine rings is 1. The highest BCUT2D eigenvalue weighted by Gasteiger charge is 2.27. The minimum atomic E-state index is 0.577. The van der Waals surface area contributed by atoms with E-state index >= 15 is 0 Å². The van der Waals surface area contributed by atoms with Crippen LogP contribution in [0.3, 0.4) is 0 Å². The first kappa shape index (κ1) is 18.7. The maximum atomic E-state index is 5.93. The molecule has 2 aromatic rings. The van der Waals surface area contributed by atoms with E-state index in [0.29, 0.717) is 11.9 Å². The van der Waals surface area contributed by atoms with Crippen molar-refractivity contribution < 1.29 is 4.74 Å². The molecule has 2 aliphatic rings. The fraction of sp³-hybridized carbons (Fsp3) is 0.500. The second-order valence-electron chi connectivity index (χ2n) is 7.30. The van der Waals surface area contributed by atoms with Gasteiger partial charge >= 0.3 is 0 Å². The topological polar surface area (TPSA) is 44.7 Å². The van der Waals surface area contributed by atoms with Gasteiger partial charge in [-0.15, -0.1) is 0 Å². The van der Waals surface area contributed by atoms with E-state index in [0.717, 1.165) is 29.1 Å². The molecule has 4 rings (SSSR count). The molecule has 1 aromatic carbocycles. The van der Waals surface area contributed by atoms with Crippen LogP contribution in [0.4, 0.5) is 5.82 Å². The summed E-state index contributed by atoms with van der Waals surface area (Å²) in [5.74, 6) is 2.29. The van der Waals surface area contributed by atoms with E-state index in [4.69, 9.17) is 4.74 Å². The first-order valence-electron chi connectivity index (χ1n) is 9.61. The lowest BCUT2D eigenvalue weighted by molar-refractivity contribution is 0.0981. The Balaban J connectivity index is 1.36. The normalized spacial score (nSPS) is 20.0. The molecule has 0 spiro atoms. The minimum Gasteiger partial charge on any atom is -0.438 e. The van der Waals surface area contributed by atoms with Crippen LogP contribution in [-0.4, -0.2) is 72.1 Å². The average Bonchev–Trinajstić information content (AvgIpc) is 2.71. The monoisotopic (exact) mass is 431 g/mol. The van der Waals surface area contributed by atoms with Gasteiger partial charge in [-0.2, -0.15) is 0 Å². The molecule has 2 saturated heterocycles. The van der Waals surface area contributed by atoms with Gasteiger partial charge in [-0.3, -0.25) is 4.90 Å². The molecule has 2 aliphatic heterocycles. The summed E-state index contributed by atoms with van der Waals surface area (Å²) in [5, 5.41) is 0. The molecule has 0 radical (unpaired) electrons. The van der Waals surface area contributed by atoms with Gasteiger partial charge in [0.1, 0.15) is 17.9 Å². The van der Waals surface area contributed by atoms with Crippen LogP contribution in [0, 0.1) is 0 Å². The molecule has 144 valence electrons. The lowest BCUT2D eigenvalue weighted by Crippen LogP contribution is -2.52. The molecule has 2 fully saturated rings. The molecule has 0 unspecified atom stereocenters. The van der Waals surface area contributed by atoms with Crippen LogP contribution >= 0.6 is 15.9 Å². The number of rotatable bonds is 4. The highest BCUT2D eigenvalue weighted by molar-refractivity contribution is 9.10. The number of nitrogens with zero attached hydrogens (tertiary/aromatic N) is 5. The number of aromatic nitrogens is 2. The van der Waals surface area contributed by atoms with Crippen LogP contribution in [0.2, 0.25) is 0 Å². The summed E-state index contributed by atoms with van der Waals surface area (Å²) in [7, 11) is 2.21. The number of para-hydroxylation sites is 1. The van der Waals surface area contributed by atoms with Crippen LogP contribution in [0.25, 0.3) is 0 Å². The maximum Gasteiger partial charge on any atom is 0.224 e. The quantitative estimate of drug-likeness (QED) is 0.739. The van der Waals surface area contributed by atoms with Gasteiger partial charge in [0.2, 0.25) is 5.88 Å². The Morgan fingerprint density at radius 2 is 1.74 bits per heavy atom. The van der Waals surface area contributed by atoms with Crippen molar-refractivity contribution in [3.05, 3.63) is 41.1 Å². The third kappa shape index (κ3) is 4.59. The zero-order chi connectivity index (χ0) is 18.6. The third-order valence-electron chi connectivity index (χ3n) is 5.52. The van der Waals surface area contributed by atoms with E-state index in [1.54, 1.807) is 6.33 Å². The van der Waals surface area contributed by atoms with E-state index in [9.17, 15) is 0 Å². The van der Waals surface area contributed by atoms with Crippen molar-refractivity contribution in [3.8, 4) is 11.6 Å². The van der Waals surface area contributed by atoms with Crippen LogP contribution < -0.4 is 9.64 Å². The van der Waals surface area contributed by atoms with Gasteiger partial charge in [-0.25, -0.2) is 9.97 Å². The van der Waals surface area contributed by atoms with E-state index in [1.165, 1.54) is 39.0 Å². The van der Waals surface area contributed by atoms with Crippen LogP contribution in [-0.2, 0) is 0 Å². The summed E-state index contributed by atoms with van der Waals surface area (Å²) in [6.07, 6.45) is 3.97. The highest BCUT2D eigenvalue weighted by atomic mass is 79.9. The predicted molar refractivity (Wildman–Crippen MR) is 111 cm³/mol. The molecule has 0 saturated carbocycles. The highest BCUT2D eigenvalue weighted by Crippen LogP contribution is 2.30. The molecule has 7 heteroatoms. The maximum absolute atomic E-state index is 5.93. The Morgan fingerprint density at radius 1 is 1.00 bits per heavy atom. The summed E-state index contributed by atoms with van der Waals surface area (Å²) in [6, 6.07) is 10.4. The number of halogens is 1. The molecule has 1 aromatic heterocycles.